The molecule has 1 aliphatic heterocycles. The molecular weight excluding hydrogens is 206 g/mol. The van der Waals surface area contributed by atoms with Gasteiger partial charge in [-0.05, 0) is 13.0 Å². The Bertz CT molecular complexity index is 571. The first-order valence-electron chi connectivity index (χ1n) is 5.17. The van der Waals surface area contributed by atoms with E-state index in [4.69, 9.17) is 9.47 Å². The summed E-state index contributed by atoms with van der Waals surface area (Å²) in [6.45, 7) is 2.68. The van der Waals surface area contributed by atoms with Gasteiger partial charge in [0, 0.05) is 23.2 Å². The highest BCUT2D eigenvalue weighted by atomic mass is 16.6. The zero-order chi connectivity index (χ0) is 11.1. The molecule has 0 atom stereocenters. The number of aromatic amines is 1. The number of Topliss-reactive ketones (excluding diaryl/α,β-unsaturated/α-hetero) is 1. The number of ketones is 1. The maximum atomic E-state index is 11.4. The number of hydrogen-bond acceptors (Lipinski definition) is 3. The predicted molar refractivity (Wildman–Crippen MR) is 59.3 cm³/mol. The van der Waals surface area contributed by atoms with E-state index < -0.39 is 0 Å². The minimum Gasteiger partial charge on any atom is -0.486 e. The van der Waals surface area contributed by atoms with E-state index in [1.807, 2.05) is 12.1 Å². The average Bonchev–Trinajstić information content (AvgIpc) is 2.68. The minimum atomic E-state index is 0.0444. The summed E-state index contributed by atoms with van der Waals surface area (Å²) < 4.78 is 11.0. The predicted octanol–water partition coefficient (Wildman–Crippen LogP) is 2.14. The van der Waals surface area contributed by atoms with Crippen LogP contribution in [0, 0.1) is 0 Å². The molecule has 0 saturated carbocycles. The molecule has 1 aromatic heterocycles. The van der Waals surface area contributed by atoms with Crippen LogP contribution >= 0.6 is 0 Å². The van der Waals surface area contributed by atoms with E-state index in [2.05, 4.69) is 4.98 Å². The zero-order valence-corrected chi connectivity index (χ0v) is 8.87. The molecule has 2 aromatic rings. The van der Waals surface area contributed by atoms with Gasteiger partial charge in [-0.2, -0.15) is 0 Å². The molecular formula is C12H11NO3. The van der Waals surface area contributed by atoms with Gasteiger partial charge in [-0.1, -0.05) is 0 Å². The molecule has 1 aromatic carbocycles. The number of nitrogens with one attached hydrogen (secondary N) is 1. The summed E-state index contributed by atoms with van der Waals surface area (Å²) in [5.74, 6) is 1.49. The van der Waals surface area contributed by atoms with Gasteiger partial charge in [0.05, 0.1) is 5.52 Å². The van der Waals surface area contributed by atoms with Crippen molar-refractivity contribution in [3.8, 4) is 11.5 Å². The molecule has 0 bridgehead atoms. The van der Waals surface area contributed by atoms with Gasteiger partial charge >= 0.3 is 0 Å². The van der Waals surface area contributed by atoms with E-state index in [1.165, 1.54) is 0 Å². The smallest absolute Gasteiger partial charge is 0.163 e. The number of hydrogen-bond donors (Lipinski definition) is 1. The molecule has 1 aliphatic rings. The Balaban J connectivity index is 2.25. The normalized spacial score (nSPS) is 14.1. The second kappa shape index (κ2) is 3.27. The van der Waals surface area contributed by atoms with E-state index in [0.29, 0.717) is 24.5 Å². The molecule has 1 N–H and O–H groups in total. The SMILES string of the molecule is CC(=O)c1c[nH]c2cc3c(cc12)OCCO3. The Labute approximate surface area is 92.2 Å². The lowest BCUT2D eigenvalue weighted by Crippen LogP contribution is -2.15. The third-order valence-electron chi connectivity index (χ3n) is 2.72. The van der Waals surface area contributed by atoms with Gasteiger partial charge in [0.2, 0.25) is 0 Å². The zero-order valence-electron chi connectivity index (χ0n) is 8.87. The molecule has 0 fully saturated rings. The fourth-order valence-corrected chi connectivity index (χ4v) is 1.95. The first kappa shape index (κ1) is 9.27. The second-order valence-corrected chi connectivity index (χ2v) is 3.80. The standard InChI is InChI=1S/C12H11NO3/c1-7(14)9-6-13-10-5-12-11(4-8(9)10)15-2-3-16-12/h4-6,13H,2-3H2,1H3. The second-order valence-electron chi connectivity index (χ2n) is 3.80. The van der Waals surface area contributed by atoms with Crippen LogP contribution in [-0.4, -0.2) is 24.0 Å². The lowest BCUT2D eigenvalue weighted by atomic mass is 10.1. The molecule has 0 amide bonds. The first-order chi connectivity index (χ1) is 7.75. The van der Waals surface area contributed by atoms with Gasteiger partial charge in [0.1, 0.15) is 13.2 Å². The van der Waals surface area contributed by atoms with E-state index in [-0.39, 0.29) is 5.78 Å². The van der Waals surface area contributed by atoms with E-state index in [9.17, 15) is 4.79 Å². The van der Waals surface area contributed by atoms with Crippen molar-refractivity contribution in [3.63, 3.8) is 0 Å². The first-order valence-corrected chi connectivity index (χ1v) is 5.17. The molecule has 2 heterocycles. The van der Waals surface area contributed by atoms with Gasteiger partial charge in [-0.15, -0.1) is 0 Å². The molecule has 0 saturated heterocycles. The lowest BCUT2D eigenvalue weighted by Gasteiger charge is -2.18. The Kier molecular flexibility index (Phi) is 1.89. The number of H-pyrrole nitrogens is 1. The van der Waals surface area contributed by atoms with Crippen molar-refractivity contribution in [2.45, 2.75) is 6.92 Å². The molecule has 82 valence electrons. The number of carbonyl (C=O) groups excluding carboxylic acids is 1. The highest BCUT2D eigenvalue weighted by molar-refractivity contribution is 6.07. The van der Waals surface area contributed by atoms with Crippen molar-refractivity contribution < 1.29 is 14.3 Å². The molecule has 0 aliphatic carbocycles. The number of rotatable bonds is 1. The Hall–Kier alpha value is -1.97. The molecule has 4 nitrogen and oxygen atoms in total. The van der Waals surface area contributed by atoms with Crippen molar-refractivity contribution in [2.75, 3.05) is 13.2 Å². The van der Waals surface area contributed by atoms with Crippen molar-refractivity contribution >= 4 is 16.7 Å². The summed E-state index contributed by atoms with van der Waals surface area (Å²) in [6, 6.07) is 3.73. The third-order valence-corrected chi connectivity index (χ3v) is 2.72. The number of fused-ring (bicyclic) bond motifs is 2. The monoisotopic (exact) mass is 217 g/mol. The largest absolute Gasteiger partial charge is 0.486 e. The number of aromatic nitrogens is 1. The lowest BCUT2D eigenvalue weighted by molar-refractivity contribution is 0.101. The maximum absolute atomic E-state index is 11.4. The van der Waals surface area contributed by atoms with Crippen molar-refractivity contribution in [1.82, 2.24) is 4.98 Å². The van der Waals surface area contributed by atoms with Crippen LogP contribution in [0.4, 0.5) is 0 Å². The van der Waals surface area contributed by atoms with Crippen LogP contribution in [0.15, 0.2) is 18.3 Å². The Morgan fingerprint density at radius 3 is 2.62 bits per heavy atom. The third kappa shape index (κ3) is 1.26. The number of benzene rings is 1. The van der Waals surface area contributed by atoms with Crippen LogP contribution in [0.3, 0.4) is 0 Å². The molecule has 4 heteroatoms. The van der Waals surface area contributed by atoms with E-state index in [1.54, 1.807) is 13.1 Å². The van der Waals surface area contributed by atoms with Crippen LogP contribution < -0.4 is 9.47 Å². The minimum absolute atomic E-state index is 0.0444. The van der Waals surface area contributed by atoms with Gasteiger partial charge in [0.15, 0.2) is 17.3 Å². The topological polar surface area (TPSA) is 51.3 Å². The summed E-state index contributed by atoms with van der Waals surface area (Å²) in [7, 11) is 0. The van der Waals surface area contributed by atoms with Crippen molar-refractivity contribution in [3.05, 3.63) is 23.9 Å². The van der Waals surface area contributed by atoms with Crippen LogP contribution in [0.1, 0.15) is 17.3 Å². The van der Waals surface area contributed by atoms with Crippen LogP contribution in [0.25, 0.3) is 10.9 Å². The van der Waals surface area contributed by atoms with E-state index >= 15 is 0 Å². The maximum Gasteiger partial charge on any atom is 0.163 e. The highest BCUT2D eigenvalue weighted by Crippen LogP contribution is 2.35. The van der Waals surface area contributed by atoms with Crippen molar-refractivity contribution in [2.24, 2.45) is 0 Å². The molecule has 0 spiro atoms. The average molecular weight is 217 g/mol. The van der Waals surface area contributed by atoms with Gasteiger partial charge in [-0.3, -0.25) is 4.79 Å². The fraction of sp³-hybridized carbons (Fsp3) is 0.250. The Morgan fingerprint density at radius 1 is 1.25 bits per heavy atom. The molecule has 3 rings (SSSR count). The quantitative estimate of drug-likeness (QED) is 0.744. The fourth-order valence-electron chi connectivity index (χ4n) is 1.95. The summed E-state index contributed by atoms with van der Waals surface area (Å²) in [5.41, 5.74) is 1.58. The number of ether oxygens (including phenoxy) is 2. The highest BCUT2D eigenvalue weighted by Gasteiger charge is 2.16. The summed E-state index contributed by atoms with van der Waals surface area (Å²) in [6.07, 6.45) is 1.72. The summed E-state index contributed by atoms with van der Waals surface area (Å²) in [4.78, 5) is 14.5. The summed E-state index contributed by atoms with van der Waals surface area (Å²) >= 11 is 0. The van der Waals surface area contributed by atoms with Crippen molar-refractivity contribution in [1.29, 1.82) is 0 Å². The molecule has 0 unspecified atom stereocenters. The Morgan fingerprint density at radius 2 is 1.94 bits per heavy atom. The number of carbonyl (C=O) groups is 1. The van der Waals surface area contributed by atoms with Crippen LogP contribution in [0.5, 0.6) is 11.5 Å². The molecule has 0 radical (unpaired) electrons. The van der Waals surface area contributed by atoms with E-state index in [0.717, 1.165) is 16.7 Å². The van der Waals surface area contributed by atoms with Gasteiger partial charge < -0.3 is 14.5 Å². The van der Waals surface area contributed by atoms with Gasteiger partial charge in [-0.25, -0.2) is 0 Å². The van der Waals surface area contributed by atoms with Crippen LogP contribution in [0.2, 0.25) is 0 Å². The van der Waals surface area contributed by atoms with Gasteiger partial charge in [0.25, 0.3) is 0 Å². The summed E-state index contributed by atoms with van der Waals surface area (Å²) in [5, 5.41) is 0.886. The van der Waals surface area contributed by atoms with Crippen LogP contribution in [-0.2, 0) is 0 Å². The molecule has 16 heavy (non-hydrogen) atoms.